The number of anilines is 1. The van der Waals surface area contributed by atoms with Gasteiger partial charge < -0.3 is 15.0 Å². The van der Waals surface area contributed by atoms with Crippen molar-refractivity contribution in [1.29, 1.82) is 0 Å². The highest BCUT2D eigenvalue weighted by molar-refractivity contribution is 5.80. The summed E-state index contributed by atoms with van der Waals surface area (Å²) in [5.74, 6) is 0.648. The first kappa shape index (κ1) is 19.8. The Morgan fingerprint density at radius 2 is 1.73 bits per heavy atom. The van der Waals surface area contributed by atoms with Crippen molar-refractivity contribution in [3.05, 3.63) is 59.2 Å². The number of carbonyl (C=O) groups excluding carboxylic acids is 1. The normalized spacial score (nSPS) is 11.7. The molecule has 4 heteroatoms. The molecule has 0 aliphatic heterocycles. The summed E-state index contributed by atoms with van der Waals surface area (Å²) in [6.07, 6.45) is -0.537. The van der Waals surface area contributed by atoms with Crippen LogP contribution in [0.3, 0.4) is 0 Å². The Kier molecular flexibility index (Phi) is 7.07. The number of hydrogen-bond acceptors (Lipinski definition) is 3. The Balaban J connectivity index is 1.90. The molecule has 0 aliphatic rings. The third-order valence-corrected chi connectivity index (χ3v) is 4.55. The van der Waals surface area contributed by atoms with E-state index in [1.54, 1.807) is 6.92 Å². The van der Waals surface area contributed by atoms with E-state index < -0.39 is 6.10 Å². The summed E-state index contributed by atoms with van der Waals surface area (Å²) < 4.78 is 5.84. The van der Waals surface area contributed by atoms with Gasteiger partial charge in [0.25, 0.3) is 5.91 Å². The van der Waals surface area contributed by atoms with Crippen molar-refractivity contribution in [2.75, 3.05) is 18.0 Å². The van der Waals surface area contributed by atoms with Crippen molar-refractivity contribution in [2.45, 2.75) is 47.3 Å². The van der Waals surface area contributed by atoms with Gasteiger partial charge in [-0.05, 0) is 69.5 Å². The number of ether oxygens (including phenoxy) is 1. The van der Waals surface area contributed by atoms with Crippen molar-refractivity contribution < 1.29 is 9.53 Å². The minimum Gasteiger partial charge on any atom is -0.481 e. The van der Waals surface area contributed by atoms with E-state index in [-0.39, 0.29) is 5.91 Å². The SMILES string of the molecule is CCN(CC)c1ccc(CNC(=O)C(C)Oc2cc(C)ccc2C)cc1. The average molecular weight is 354 g/mol. The monoisotopic (exact) mass is 354 g/mol. The zero-order valence-electron chi connectivity index (χ0n) is 16.5. The van der Waals surface area contributed by atoms with Crippen LogP contribution < -0.4 is 15.0 Å². The third kappa shape index (κ3) is 5.25. The molecule has 2 aromatic rings. The van der Waals surface area contributed by atoms with Gasteiger partial charge in [0, 0.05) is 25.3 Å². The summed E-state index contributed by atoms with van der Waals surface area (Å²) in [4.78, 5) is 14.6. The predicted molar refractivity (Wildman–Crippen MR) is 108 cm³/mol. The Morgan fingerprint density at radius 1 is 1.08 bits per heavy atom. The smallest absolute Gasteiger partial charge is 0.261 e. The molecular formula is C22H30N2O2. The van der Waals surface area contributed by atoms with E-state index in [1.165, 1.54) is 5.69 Å². The average Bonchev–Trinajstić information content (AvgIpc) is 2.64. The minimum absolute atomic E-state index is 0.112. The fourth-order valence-electron chi connectivity index (χ4n) is 2.82. The maximum Gasteiger partial charge on any atom is 0.261 e. The lowest BCUT2D eigenvalue weighted by molar-refractivity contribution is -0.127. The summed E-state index contributed by atoms with van der Waals surface area (Å²) >= 11 is 0. The second-order valence-electron chi connectivity index (χ2n) is 6.59. The molecule has 0 aliphatic carbocycles. The first-order valence-electron chi connectivity index (χ1n) is 9.30. The van der Waals surface area contributed by atoms with E-state index in [2.05, 4.69) is 48.3 Å². The molecule has 1 amide bonds. The van der Waals surface area contributed by atoms with Crippen molar-refractivity contribution in [1.82, 2.24) is 5.32 Å². The zero-order valence-corrected chi connectivity index (χ0v) is 16.5. The molecule has 0 aromatic heterocycles. The van der Waals surface area contributed by atoms with Gasteiger partial charge in [-0.15, -0.1) is 0 Å². The molecule has 1 unspecified atom stereocenters. The van der Waals surface area contributed by atoms with Gasteiger partial charge in [0.2, 0.25) is 0 Å². The van der Waals surface area contributed by atoms with Crippen LogP contribution in [0.25, 0.3) is 0 Å². The molecule has 0 spiro atoms. The Hall–Kier alpha value is -2.49. The van der Waals surface area contributed by atoms with Crippen LogP contribution in [0.4, 0.5) is 5.69 Å². The molecule has 0 saturated heterocycles. The molecule has 0 saturated carbocycles. The van der Waals surface area contributed by atoms with Crippen molar-refractivity contribution in [3.8, 4) is 5.75 Å². The topological polar surface area (TPSA) is 41.6 Å². The number of nitrogens with one attached hydrogen (secondary N) is 1. The van der Waals surface area contributed by atoms with Gasteiger partial charge >= 0.3 is 0 Å². The van der Waals surface area contributed by atoms with E-state index in [1.807, 2.05) is 32.0 Å². The van der Waals surface area contributed by atoms with Gasteiger partial charge in [0.1, 0.15) is 5.75 Å². The van der Waals surface area contributed by atoms with Crippen molar-refractivity contribution >= 4 is 11.6 Å². The molecule has 26 heavy (non-hydrogen) atoms. The highest BCUT2D eigenvalue weighted by Gasteiger charge is 2.15. The summed E-state index contributed by atoms with van der Waals surface area (Å²) in [6.45, 7) is 12.5. The number of aryl methyl sites for hydroxylation is 2. The molecule has 2 aromatic carbocycles. The standard InChI is InChI=1S/C22H30N2O2/c1-6-24(7-2)20-12-10-19(11-13-20)15-23-22(25)18(5)26-21-14-16(3)8-9-17(21)4/h8-14,18H,6-7,15H2,1-5H3,(H,23,25). The highest BCUT2D eigenvalue weighted by Crippen LogP contribution is 2.20. The molecule has 4 nitrogen and oxygen atoms in total. The number of nitrogens with zero attached hydrogens (tertiary/aromatic N) is 1. The summed E-state index contributed by atoms with van der Waals surface area (Å²) in [7, 11) is 0. The summed E-state index contributed by atoms with van der Waals surface area (Å²) in [5, 5.41) is 2.95. The largest absolute Gasteiger partial charge is 0.481 e. The molecule has 0 fully saturated rings. The van der Waals surface area contributed by atoms with Gasteiger partial charge in [0.15, 0.2) is 6.10 Å². The quantitative estimate of drug-likeness (QED) is 0.771. The van der Waals surface area contributed by atoms with Crippen LogP contribution in [-0.2, 0) is 11.3 Å². The number of amides is 1. The maximum atomic E-state index is 12.3. The van der Waals surface area contributed by atoms with E-state index in [0.29, 0.717) is 6.54 Å². The highest BCUT2D eigenvalue weighted by atomic mass is 16.5. The molecule has 0 bridgehead atoms. The van der Waals surface area contributed by atoms with Crippen LogP contribution in [0.1, 0.15) is 37.5 Å². The van der Waals surface area contributed by atoms with Crippen LogP contribution in [0.5, 0.6) is 5.75 Å². The van der Waals surface area contributed by atoms with Gasteiger partial charge in [-0.25, -0.2) is 0 Å². The molecule has 0 radical (unpaired) electrons. The van der Waals surface area contributed by atoms with E-state index in [0.717, 1.165) is 35.5 Å². The summed E-state index contributed by atoms with van der Waals surface area (Å²) in [6, 6.07) is 14.3. The lowest BCUT2D eigenvalue weighted by atomic mass is 10.1. The van der Waals surface area contributed by atoms with Gasteiger partial charge in [-0.3, -0.25) is 4.79 Å². The van der Waals surface area contributed by atoms with Crippen LogP contribution >= 0.6 is 0 Å². The molecule has 140 valence electrons. The number of carbonyl (C=O) groups is 1. The molecule has 1 N–H and O–H groups in total. The first-order valence-corrected chi connectivity index (χ1v) is 9.30. The molecule has 2 rings (SSSR count). The van der Waals surface area contributed by atoms with Crippen LogP contribution in [0, 0.1) is 13.8 Å². The third-order valence-electron chi connectivity index (χ3n) is 4.55. The minimum atomic E-state index is -0.537. The molecular weight excluding hydrogens is 324 g/mol. The Morgan fingerprint density at radius 3 is 2.35 bits per heavy atom. The van der Waals surface area contributed by atoms with Crippen LogP contribution in [0.2, 0.25) is 0 Å². The van der Waals surface area contributed by atoms with Gasteiger partial charge in [-0.1, -0.05) is 24.3 Å². The van der Waals surface area contributed by atoms with Gasteiger partial charge in [-0.2, -0.15) is 0 Å². The fraction of sp³-hybridized carbons (Fsp3) is 0.409. The second kappa shape index (κ2) is 9.27. The lowest BCUT2D eigenvalue weighted by Gasteiger charge is -2.21. The van der Waals surface area contributed by atoms with E-state index in [4.69, 9.17) is 4.74 Å². The number of rotatable bonds is 8. The van der Waals surface area contributed by atoms with Crippen molar-refractivity contribution in [2.24, 2.45) is 0 Å². The van der Waals surface area contributed by atoms with Crippen molar-refractivity contribution in [3.63, 3.8) is 0 Å². The maximum absolute atomic E-state index is 12.3. The van der Waals surface area contributed by atoms with Crippen LogP contribution in [-0.4, -0.2) is 25.1 Å². The zero-order chi connectivity index (χ0) is 19.1. The predicted octanol–water partition coefficient (Wildman–Crippen LogP) is 4.23. The molecule has 0 heterocycles. The number of benzene rings is 2. The number of hydrogen-bond donors (Lipinski definition) is 1. The Labute approximate surface area is 157 Å². The van der Waals surface area contributed by atoms with Gasteiger partial charge in [0.05, 0.1) is 0 Å². The Bertz CT molecular complexity index is 721. The fourth-order valence-corrected chi connectivity index (χ4v) is 2.82. The second-order valence-corrected chi connectivity index (χ2v) is 6.59. The van der Waals surface area contributed by atoms with E-state index in [9.17, 15) is 4.79 Å². The first-order chi connectivity index (χ1) is 12.4. The van der Waals surface area contributed by atoms with Crippen LogP contribution in [0.15, 0.2) is 42.5 Å². The molecule has 1 atom stereocenters. The lowest BCUT2D eigenvalue weighted by Crippen LogP contribution is -2.36. The van der Waals surface area contributed by atoms with E-state index >= 15 is 0 Å². The summed E-state index contributed by atoms with van der Waals surface area (Å²) in [5.41, 5.74) is 4.43.